The van der Waals surface area contributed by atoms with E-state index in [9.17, 15) is 9.50 Å². The summed E-state index contributed by atoms with van der Waals surface area (Å²) in [6.45, 7) is 0. The first-order chi connectivity index (χ1) is 13.6. The van der Waals surface area contributed by atoms with Crippen LogP contribution in [0.4, 0.5) is 4.39 Å². The molecule has 3 N–H and O–H groups in total. The molecule has 7 nitrogen and oxygen atoms in total. The molecule has 0 amide bonds. The van der Waals surface area contributed by atoms with Crippen LogP contribution >= 0.6 is 0 Å². The molecular weight excluding hydrogens is 359 g/mol. The Kier molecular flexibility index (Phi) is 4.44. The molecule has 0 aliphatic carbocycles. The van der Waals surface area contributed by atoms with Gasteiger partial charge in [-0.2, -0.15) is 0 Å². The van der Waals surface area contributed by atoms with Crippen molar-refractivity contribution < 1.29 is 9.50 Å². The molecular formula is C20H17FN6O. The van der Waals surface area contributed by atoms with Crippen LogP contribution in [0.15, 0.2) is 53.9 Å². The third kappa shape index (κ3) is 3.16. The minimum atomic E-state index is -0.493. The zero-order chi connectivity index (χ0) is 19.7. The first-order valence-corrected chi connectivity index (χ1v) is 8.54. The van der Waals surface area contributed by atoms with Gasteiger partial charge in [-0.15, -0.1) is 10.2 Å². The third-order valence-corrected chi connectivity index (χ3v) is 4.40. The molecule has 28 heavy (non-hydrogen) atoms. The Bertz CT molecular complexity index is 1240. The van der Waals surface area contributed by atoms with Crippen LogP contribution in [0.1, 0.15) is 17.0 Å². The maximum Gasteiger partial charge on any atom is 0.196 e. The molecule has 0 aliphatic heterocycles. The number of hydrogen-bond donors (Lipinski definition) is 2. The van der Waals surface area contributed by atoms with E-state index in [1.54, 1.807) is 29.9 Å². The van der Waals surface area contributed by atoms with Crippen molar-refractivity contribution in [1.82, 2.24) is 19.6 Å². The van der Waals surface area contributed by atoms with Crippen molar-refractivity contribution >= 4 is 28.3 Å². The number of nitrogens with zero attached hydrogens (tertiary/aromatic N) is 5. The number of benzene rings is 1. The van der Waals surface area contributed by atoms with Gasteiger partial charge in [0.25, 0.3) is 0 Å². The van der Waals surface area contributed by atoms with E-state index in [1.165, 1.54) is 18.5 Å². The summed E-state index contributed by atoms with van der Waals surface area (Å²) in [5, 5.41) is 18.6. The van der Waals surface area contributed by atoms with Crippen LogP contribution in [0.25, 0.3) is 22.1 Å². The van der Waals surface area contributed by atoms with Gasteiger partial charge in [-0.1, -0.05) is 6.07 Å². The number of pyridine rings is 2. The summed E-state index contributed by atoms with van der Waals surface area (Å²) in [6.07, 6.45) is 6.51. The van der Waals surface area contributed by atoms with E-state index >= 15 is 0 Å². The Morgan fingerprint density at radius 2 is 2.14 bits per heavy atom. The Morgan fingerprint density at radius 3 is 2.93 bits per heavy atom. The van der Waals surface area contributed by atoms with E-state index < -0.39 is 5.82 Å². The average molecular weight is 376 g/mol. The fourth-order valence-corrected chi connectivity index (χ4v) is 3.09. The van der Waals surface area contributed by atoms with Gasteiger partial charge in [0, 0.05) is 48.6 Å². The van der Waals surface area contributed by atoms with Crippen molar-refractivity contribution in [3.05, 3.63) is 71.7 Å². The quantitative estimate of drug-likeness (QED) is 0.533. The number of aromatic hydroxyl groups is 1. The maximum absolute atomic E-state index is 14.5. The summed E-state index contributed by atoms with van der Waals surface area (Å²) in [5.41, 5.74) is 8.67. The molecule has 0 spiro atoms. The predicted octanol–water partition coefficient (Wildman–Crippen LogP) is 2.71. The van der Waals surface area contributed by atoms with Gasteiger partial charge in [-0.3, -0.25) is 14.4 Å². The number of aliphatic imine (C=N–C) groups is 1. The zero-order valence-corrected chi connectivity index (χ0v) is 15.0. The van der Waals surface area contributed by atoms with Gasteiger partial charge in [-0.25, -0.2) is 4.39 Å². The van der Waals surface area contributed by atoms with Crippen molar-refractivity contribution in [2.75, 3.05) is 7.05 Å². The highest BCUT2D eigenvalue weighted by atomic mass is 19.1. The Labute approximate surface area is 159 Å². The molecule has 4 rings (SSSR count). The minimum Gasteiger partial charge on any atom is -0.506 e. The maximum atomic E-state index is 14.5. The first kappa shape index (κ1) is 17.6. The van der Waals surface area contributed by atoms with Gasteiger partial charge in [0.05, 0.1) is 11.7 Å². The second-order valence-electron chi connectivity index (χ2n) is 6.29. The lowest BCUT2D eigenvalue weighted by molar-refractivity contribution is 0.474. The number of aromatic nitrogens is 4. The highest BCUT2D eigenvalue weighted by molar-refractivity contribution is 6.09. The lowest BCUT2D eigenvalue weighted by Crippen LogP contribution is -2.01. The number of hydrogen-bond acceptors (Lipinski definition) is 6. The molecule has 3 heterocycles. The van der Waals surface area contributed by atoms with E-state index in [2.05, 4.69) is 20.2 Å². The summed E-state index contributed by atoms with van der Waals surface area (Å²) in [4.78, 5) is 8.12. The van der Waals surface area contributed by atoms with Crippen molar-refractivity contribution in [1.29, 1.82) is 0 Å². The Hall–Kier alpha value is -3.81. The molecule has 1 aromatic carbocycles. The molecule has 8 heteroatoms. The highest BCUT2D eigenvalue weighted by Gasteiger charge is 2.13. The van der Waals surface area contributed by atoms with Crippen LogP contribution in [0.3, 0.4) is 0 Å². The van der Waals surface area contributed by atoms with E-state index in [-0.39, 0.29) is 11.4 Å². The molecule has 0 atom stereocenters. The van der Waals surface area contributed by atoms with Crippen LogP contribution < -0.4 is 5.73 Å². The van der Waals surface area contributed by atoms with Crippen LogP contribution in [-0.4, -0.2) is 38.0 Å². The molecule has 0 fully saturated rings. The van der Waals surface area contributed by atoms with E-state index in [1.807, 2.05) is 18.2 Å². The molecule has 0 saturated carbocycles. The number of nitrogens with two attached hydrogens (primary N) is 1. The van der Waals surface area contributed by atoms with Gasteiger partial charge in [0.2, 0.25) is 0 Å². The monoisotopic (exact) mass is 376 g/mol. The topological polar surface area (TPSA) is 102 Å². The zero-order valence-electron chi connectivity index (χ0n) is 15.0. The highest BCUT2D eigenvalue weighted by Crippen LogP contribution is 2.22. The lowest BCUT2D eigenvalue weighted by Gasteiger charge is -2.06. The van der Waals surface area contributed by atoms with Crippen molar-refractivity contribution in [2.24, 2.45) is 10.7 Å². The van der Waals surface area contributed by atoms with Gasteiger partial charge < -0.3 is 10.8 Å². The van der Waals surface area contributed by atoms with Crippen LogP contribution in [0.2, 0.25) is 0 Å². The van der Waals surface area contributed by atoms with Crippen LogP contribution in [0, 0.1) is 5.82 Å². The standard InChI is InChI=1S/C20H17FN6O/c1-23-9-15(8-22)14-7-17(21)20-26-25-19(27(20)11-14)5-12-2-3-18-13(4-12)6-16(28)10-24-18/h2-4,6-11,28H,5,22H2,1H3. The summed E-state index contributed by atoms with van der Waals surface area (Å²) < 4.78 is 16.1. The first-order valence-electron chi connectivity index (χ1n) is 8.54. The van der Waals surface area contributed by atoms with E-state index in [4.69, 9.17) is 5.73 Å². The van der Waals surface area contributed by atoms with Gasteiger partial charge >= 0.3 is 0 Å². The molecule has 140 valence electrons. The number of rotatable bonds is 4. The Balaban J connectivity index is 1.78. The van der Waals surface area contributed by atoms with Crippen LogP contribution in [-0.2, 0) is 6.42 Å². The van der Waals surface area contributed by atoms with Crippen molar-refractivity contribution in [3.63, 3.8) is 0 Å². The second-order valence-corrected chi connectivity index (χ2v) is 6.29. The SMILES string of the molecule is CN=CC(=CN)c1cc(F)c2nnc(Cc3ccc4ncc(O)cc4c3)n2c1. The predicted molar refractivity (Wildman–Crippen MR) is 106 cm³/mol. The fraction of sp³-hybridized carbons (Fsp3) is 0.100. The lowest BCUT2D eigenvalue weighted by atomic mass is 10.1. The molecule has 0 unspecified atom stereocenters. The van der Waals surface area contributed by atoms with Crippen LogP contribution in [0.5, 0.6) is 5.75 Å². The molecule has 0 radical (unpaired) electrons. The Morgan fingerprint density at radius 1 is 1.29 bits per heavy atom. The largest absolute Gasteiger partial charge is 0.506 e. The fourth-order valence-electron chi connectivity index (χ4n) is 3.09. The molecule has 0 aliphatic rings. The second kappa shape index (κ2) is 7.07. The molecule has 0 saturated heterocycles. The minimum absolute atomic E-state index is 0.1000. The summed E-state index contributed by atoms with van der Waals surface area (Å²) >= 11 is 0. The van der Waals surface area contributed by atoms with Crippen molar-refractivity contribution in [2.45, 2.75) is 6.42 Å². The number of fused-ring (bicyclic) bond motifs is 2. The molecule has 0 bridgehead atoms. The van der Waals surface area contributed by atoms with Gasteiger partial charge in [0.15, 0.2) is 11.5 Å². The number of halogens is 1. The summed E-state index contributed by atoms with van der Waals surface area (Å²) in [7, 11) is 1.62. The molecule has 4 aromatic rings. The third-order valence-electron chi connectivity index (χ3n) is 4.40. The van der Waals surface area contributed by atoms with Gasteiger partial charge in [-0.05, 0) is 29.8 Å². The van der Waals surface area contributed by atoms with E-state index in [0.29, 0.717) is 23.4 Å². The summed E-state index contributed by atoms with van der Waals surface area (Å²) in [6, 6.07) is 8.71. The normalized spacial score (nSPS) is 12.4. The smallest absolute Gasteiger partial charge is 0.196 e. The average Bonchev–Trinajstić information content (AvgIpc) is 3.09. The van der Waals surface area contributed by atoms with Crippen molar-refractivity contribution in [3.8, 4) is 5.75 Å². The number of allylic oxidation sites excluding steroid dienone is 1. The van der Waals surface area contributed by atoms with Gasteiger partial charge in [0.1, 0.15) is 11.6 Å². The van der Waals surface area contributed by atoms with E-state index in [0.717, 1.165) is 16.5 Å². The summed E-state index contributed by atoms with van der Waals surface area (Å²) in [5.74, 6) is 0.184. The molecule has 3 aromatic heterocycles.